The van der Waals surface area contributed by atoms with Crippen LogP contribution in [0.5, 0.6) is 0 Å². The van der Waals surface area contributed by atoms with Gasteiger partial charge >= 0.3 is 11.8 Å². The topological polar surface area (TPSA) is 93.4 Å². The van der Waals surface area contributed by atoms with Crippen LogP contribution in [0.2, 0.25) is 0 Å². The molecule has 0 aromatic carbocycles. The molecule has 6 nitrogen and oxygen atoms in total. The molecule has 0 bridgehead atoms. The van der Waals surface area contributed by atoms with E-state index in [0.717, 1.165) is 0 Å². The molecule has 0 aliphatic rings. The van der Waals surface area contributed by atoms with Crippen LogP contribution in [0.4, 0.5) is 0 Å². The molecule has 0 saturated carbocycles. The van der Waals surface area contributed by atoms with Gasteiger partial charge in [0.2, 0.25) is 0 Å². The molecule has 0 aromatic heterocycles. The first-order chi connectivity index (χ1) is 6.22. The highest BCUT2D eigenvalue weighted by molar-refractivity contribution is 6.34. The van der Waals surface area contributed by atoms with E-state index in [1.54, 1.807) is 5.43 Å². The fraction of sp³-hybridized carbons (Fsp3) is 0.714. The molecule has 4 N–H and O–H groups in total. The third-order valence-corrected chi connectivity index (χ3v) is 1.29. The Labute approximate surface area is 76.8 Å². The maximum absolute atomic E-state index is 10.8. The Hall–Kier alpha value is -1.14. The molecule has 0 aliphatic carbocycles. The number of carbonyl (C=O) groups excluding carboxylic acids is 2. The van der Waals surface area contributed by atoms with Gasteiger partial charge in [-0.2, -0.15) is 0 Å². The van der Waals surface area contributed by atoms with Crippen LogP contribution in [-0.2, 0) is 14.3 Å². The molecular formula is C7H15N3O3. The molecule has 0 spiro atoms. The highest BCUT2D eigenvalue weighted by Gasteiger charge is 2.09. The van der Waals surface area contributed by atoms with Crippen LogP contribution in [0.3, 0.4) is 0 Å². The van der Waals surface area contributed by atoms with Crippen molar-refractivity contribution in [3.8, 4) is 0 Å². The monoisotopic (exact) mass is 189 g/mol. The smallest absolute Gasteiger partial charge is 0.323 e. The summed E-state index contributed by atoms with van der Waals surface area (Å²) >= 11 is 0. The van der Waals surface area contributed by atoms with Gasteiger partial charge in [-0.1, -0.05) is 0 Å². The first-order valence-corrected chi connectivity index (χ1v) is 4.08. The van der Waals surface area contributed by atoms with Crippen LogP contribution in [0.15, 0.2) is 0 Å². The lowest BCUT2D eigenvalue weighted by atomic mass is 10.4. The van der Waals surface area contributed by atoms with Gasteiger partial charge in [-0.25, -0.2) is 5.84 Å². The molecule has 0 fully saturated rings. The van der Waals surface area contributed by atoms with Gasteiger partial charge in [0.1, 0.15) is 0 Å². The Morgan fingerprint density at radius 3 is 2.62 bits per heavy atom. The van der Waals surface area contributed by atoms with Crippen molar-refractivity contribution in [1.29, 1.82) is 0 Å². The van der Waals surface area contributed by atoms with Crippen molar-refractivity contribution in [1.82, 2.24) is 10.7 Å². The van der Waals surface area contributed by atoms with Gasteiger partial charge in [0, 0.05) is 19.8 Å². The Morgan fingerprint density at radius 2 is 2.08 bits per heavy atom. The van der Waals surface area contributed by atoms with E-state index in [9.17, 15) is 9.59 Å². The first kappa shape index (κ1) is 11.9. The molecule has 2 amide bonds. The van der Waals surface area contributed by atoms with E-state index >= 15 is 0 Å². The lowest BCUT2D eigenvalue weighted by Crippen LogP contribution is -2.43. The third kappa shape index (κ3) is 6.06. The first-order valence-electron chi connectivity index (χ1n) is 4.08. The number of hydrazine groups is 1. The van der Waals surface area contributed by atoms with Gasteiger partial charge < -0.3 is 10.1 Å². The lowest BCUT2D eigenvalue weighted by molar-refractivity contribution is -0.139. The molecule has 0 saturated heterocycles. The van der Waals surface area contributed by atoms with Crippen LogP contribution in [0.25, 0.3) is 0 Å². The molecule has 0 rings (SSSR count). The second kappa shape index (κ2) is 7.51. The van der Waals surface area contributed by atoms with Crippen LogP contribution in [-0.4, -0.2) is 31.6 Å². The van der Waals surface area contributed by atoms with Crippen molar-refractivity contribution in [3.63, 3.8) is 0 Å². The van der Waals surface area contributed by atoms with Gasteiger partial charge in [-0.3, -0.25) is 15.0 Å². The quantitative estimate of drug-likeness (QED) is 0.162. The maximum atomic E-state index is 10.8. The molecule has 0 heterocycles. The zero-order valence-electron chi connectivity index (χ0n) is 7.63. The normalized spacial score (nSPS) is 9.38. The zero-order chi connectivity index (χ0) is 10.1. The largest absolute Gasteiger partial charge is 0.382 e. The van der Waals surface area contributed by atoms with Crippen LogP contribution in [0.1, 0.15) is 13.3 Å². The Balaban J connectivity index is 3.32. The number of nitrogens with two attached hydrogens (primary N) is 1. The number of ether oxygens (including phenoxy) is 1. The molecule has 13 heavy (non-hydrogen) atoms. The second-order valence-corrected chi connectivity index (χ2v) is 2.28. The molecule has 0 unspecified atom stereocenters. The van der Waals surface area contributed by atoms with Crippen LogP contribution < -0.4 is 16.6 Å². The molecule has 0 radical (unpaired) electrons. The maximum Gasteiger partial charge on any atom is 0.323 e. The minimum absolute atomic E-state index is 0.409. The number of nitrogens with one attached hydrogen (secondary N) is 2. The fourth-order valence-electron chi connectivity index (χ4n) is 0.666. The Morgan fingerprint density at radius 1 is 1.38 bits per heavy atom. The highest BCUT2D eigenvalue weighted by Crippen LogP contribution is 1.79. The SMILES string of the molecule is CCOCCCNC(=O)C(=O)NN. The summed E-state index contributed by atoms with van der Waals surface area (Å²) in [7, 11) is 0. The second-order valence-electron chi connectivity index (χ2n) is 2.28. The molecule has 6 heteroatoms. The zero-order valence-corrected chi connectivity index (χ0v) is 7.63. The minimum Gasteiger partial charge on any atom is -0.382 e. The van der Waals surface area contributed by atoms with Crippen molar-refractivity contribution in [2.75, 3.05) is 19.8 Å². The Bertz CT molecular complexity index is 172. The van der Waals surface area contributed by atoms with Crippen molar-refractivity contribution < 1.29 is 14.3 Å². The molecule has 0 atom stereocenters. The average Bonchev–Trinajstić information content (AvgIpc) is 2.16. The van der Waals surface area contributed by atoms with Crippen molar-refractivity contribution in [2.45, 2.75) is 13.3 Å². The minimum atomic E-state index is -0.837. The number of carbonyl (C=O) groups is 2. The van der Waals surface area contributed by atoms with Gasteiger partial charge in [-0.05, 0) is 13.3 Å². The average molecular weight is 189 g/mol. The number of hydrogen-bond donors (Lipinski definition) is 3. The predicted molar refractivity (Wildman–Crippen MR) is 46.4 cm³/mol. The lowest BCUT2D eigenvalue weighted by Gasteiger charge is -2.03. The van der Waals surface area contributed by atoms with E-state index < -0.39 is 11.8 Å². The van der Waals surface area contributed by atoms with Crippen molar-refractivity contribution in [3.05, 3.63) is 0 Å². The van der Waals surface area contributed by atoms with E-state index in [2.05, 4.69) is 5.32 Å². The molecule has 0 aliphatic heterocycles. The highest BCUT2D eigenvalue weighted by atomic mass is 16.5. The fourth-order valence-corrected chi connectivity index (χ4v) is 0.666. The molecule has 76 valence electrons. The van der Waals surface area contributed by atoms with E-state index in [0.29, 0.717) is 26.2 Å². The summed E-state index contributed by atoms with van der Waals surface area (Å²) in [5.41, 5.74) is 1.73. The Kier molecular flexibility index (Phi) is 6.85. The summed E-state index contributed by atoms with van der Waals surface area (Å²) in [5.74, 6) is 3.18. The molecule has 0 aromatic rings. The van der Waals surface area contributed by atoms with E-state index in [-0.39, 0.29) is 0 Å². The standard InChI is InChI=1S/C7H15N3O3/c1-2-13-5-3-4-9-6(11)7(12)10-8/h2-5,8H2,1H3,(H,9,11)(H,10,12). The number of hydrogen-bond acceptors (Lipinski definition) is 4. The van der Waals surface area contributed by atoms with Crippen molar-refractivity contribution in [2.24, 2.45) is 5.84 Å². The molecular weight excluding hydrogens is 174 g/mol. The summed E-state index contributed by atoms with van der Waals surface area (Å²) in [6.45, 7) is 3.52. The van der Waals surface area contributed by atoms with Gasteiger partial charge in [0.15, 0.2) is 0 Å². The number of amides is 2. The summed E-state index contributed by atoms with van der Waals surface area (Å²) in [6, 6.07) is 0. The van der Waals surface area contributed by atoms with E-state index in [1.165, 1.54) is 0 Å². The summed E-state index contributed by atoms with van der Waals surface area (Å²) in [4.78, 5) is 21.3. The summed E-state index contributed by atoms with van der Waals surface area (Å²) in [6.07, 6.45) is 0.678. The van der Waals surface area contributed by atoms with Crippen LogP contribution >= 0.6 is 0 Å². The van der Waals surface area contributed by atoms with Gasteiger partial charge in [0.05, 0.1) is 0 Å². The van der Waals surface area contributed by atoms with Gasteiger partial charge in [0.25, 0.3) is 0 Å². The summed E-state index contributed by atoms with van der Waals surface area (Å²) in [5, 5.41) is 2.38. The van der Waals surface area contributed by atoms with E-state index in [4.69, 9.17) is 10.6 Å². The summed E-state index contributed by atoms with van der Waals surface area (Å²) < 4.78 is 5.03. The third-order valence-electron chi connectivity index (χ3n) is 1.29. The van der Waals surface area contributed by atoms with Gasteiger partial charge in [-0.15, -0.1) is 0 Å². The van der Waals surface area contributed by atoms with E-state index in [1.807, 2.05) is 6.92 Å². The van der Waals surface area contributed by atoms with Crippen molar-refractivity contribution >= 4 is 11.8 Å². The number of rotatable bonds is 5. The predicted octanol–water partition coefficient (Wildman–Crippen LogP) is -1.48. The van der Waals surface area contributed by atoms with Crippen LogP contribution in [0, 0.1) is 0 Å².